The predicted molar refractivity (Wildman–Crippen MR) is 119 cm³/mol. The van der Waals surface area contributed by atoms with E-state index in [1.807, 2.05) is 19.9 Å². The molecule has 0 radical (unpaired) electrons. The van der Waals surface area contributed by atoms with Crippen LogP contribution in [0, 0.1) is 6.92 Å². The van der Waals surface area contributed by atoms with Crippen molar-refractivity contribution in [2.24, 2.45) is 0 Å². The standard InChI is InChI=1S/C22H30N2O5S/c1-7-20(24(30(6,26)27)17-10-8-9-15(2)13-17)22(25)23-16(3)19-14-18(28-4)11-12-21(19)29-5/h8-14,16,20H,7H2,1-6H3,(H,23,25)/t16-,20-/m1/s1. The summed E-state index contributed by atoms with van der Waals surface area (Å²) in [5, 5.41) is 2.93. The lowest BCUT2D eigenvalue weighted by Gasteiger charge is -2.31. The van der Waals surface area contributed by atoms with Gasteiger partial charge in [0, 0.05) is 5.56 Å². The Morgan fingerprint density at radius 3 is 2.37 bits per heavy atom. The molecule has 1 N–H and O–H groups in total. The number of carbonyl (C=O) groups is 1. The van der Waals surface area contributed by atoms with Crippen LogP contribution < -0.4 is 19.1 Å². The van der Waals surface area contributed by atoms with E-state index in [1.165, 1.54) is 4.31 Å². The molecule has 0 saturated heterocycles. The smallest absolute Gasteiger partial charge is 0.244 e. The Kier molecular flexibility index (Phi) is 7.72. The Hall–Kier alpha value is -2.74. The molecule has 2 atom stereocenters. The normalized spacial score (nSPS) is 13.3. The summed E-state index contributed by atoms with van der Waals surface area (Å²) in [5.74, 6) is 0.855. The molecule has 2 rings (SSSR count). The van der Waals surface area contributed by atoms with Crippen molar-refractivity contribution in [1.29, 1.82) is 0 Å². The molecule has 0 aliphatic carbocycles. The maximum absolute atomic E-state index is 13.2. The number of nitrogens with zero attached hydrogens (tertiary/aromatic N) is 1. The van der Waals surface area contributed by atoms with E-state index in [-0.39, 0.29) is 5.91 Å². The largest absolute Gasteiger partial charge is 0.497 e. The van der Waals surface area contributed by atoms with Crippen LogP contribution in [0.15, 0.2) is 42.5 Å². The zero-order valence-corrected chi connectivity index (χ0v) is 19.1. The first-order chi connectivity index (χ1) is 14.1. The number of hydrogen-bond donors (Lipinski definition) is 1. The number of ether oxygens (including phenoxy) is 2. The summed E-state index contributed by atoms with van der Waals surface area (Å²) in [6.45, 7) is 5.48. The number of amides is 1. The molecule has 0 aliphatic heterocycles. The van der Waals surface area contributed by atoms with E-state index in [0.29, 0.717) is 23.6 Å². The molecule has 0 heterocycles. The van der Waals surface area contributed by atoms with Gasteiger partial charge in [-0.15, -0.1) is 0 Å². The van der Waals surface area contributed by atoms with Crippen molar-refractivity contribution in [2.45, 2.75) is 39.3 Å². The fourth-order valence-corrected chi connectivity index (χ4v) is 4.59. The number of sulfonamides is 1. The van der Waals surface area contributed by atoms with Gasteiger partial charge < -0.3 is 14.8 Å². The van der Waals surface area contributed by atoms with Gasteiger partial charge in [-0.2, -0.15) is 0 Å². The van der Waals surface area contributed by atoms with E-state index in [0.717, 1.165) is 17.4 Å². The van der Waals surface area contributed by atoms with Crippen LogP contribution in [0.1, 0.15) is 37.4 Å². The van der Waals surface area contributed by atoms with Crippen molar-refractivity contribution in [2.75, 3.05) is 24.8 Å². The molecule has 30 heavy (non-hydrogen) atoms. The minimum absolute atomic E-state index is 0.314. The van der Waals surface area contributed by atoms with E-state index >= 15 is 0 Å². The molecule has 2 aromatic carbocycles. The summed E-state index contributed by atoms with van der Waals surface area (Å²) in [4.78, 5) is 13.2. The van der Waals surface area contributed by atoms with Gasteiger partial charge in [-0.1, -0.05) is 19.1 Å². The maximum atomic E-state index is 13.2. The molecule has 2 aromatic rings. The van der Waals surface area contributed by atoms with E-state index in [2.05, 4.69) is 5.32 Å². The summed E-state index contributed by atoms with van der Waals surface area (Å²) in [7, 11) is -0.571. The zero-order valence-electron chi connectivity index (χ0n) is 18.3. The van der Waals surface area contributed by atoms with Crippen molar-refractivity contribution in [3.63, 3.8) is 0 Å². The molecule has 0 spiro atoms. The third-order valence-corrected chi connectivity index (χ3v) is 6.03. The van der Waals surface area contributed by atoms with Crippen LogP contribution in [-0.4, -0.2) is 40.8 Å². The first-order valence-corrected chi connectivity index (χ1v) is 11.6. The van der Waals surface area contributed by atoms with E-state index < -0.39 is 22.1 Å². The molecule has 0 aromatic heterocycles. The molecule has 1 amide bonds. The summed E-state index contributed by atoms with van der Waals surface area (Å²) in [5.41, 5.74) is 2.11. The van der Waals surface area contributed by atoms with Crippen LogP contribution in [0.2, 0.25) is 0 Å². The number of rotatable bonds is 9. The highest BCUT2D eigenvalue weighted by molar-refractivity contribution is 7.92. The molecule has 7 nitrogen and oxygen atoms in total. The second kappa shape index (κ2) is 9.84. The second-order valence-electron chi connectivity index (χ2n) is 7.16. The number of carbonyl (C=O) groups excluding carboxylic acids is 1. The first kappa shape index (κ1) is 23.5. The van der Waals surface area contributed by atoms with Gasteiger partial charge in [-0.05, 0) is 56.2 Å². The minimum Gasteiger partial charge on any atom is -0.497 e. The Labute approximate surface area is 179 Å². The van der Waals surface area contributed by atoms with E-state index in [1.54, 1.807) is 57.5 Å². The van der Waals surface area contributed by atoms with Gasteiger partial charge in [0.25, 0.3) is 0 Å². The average Bonchev–Trinajstić information content (AvgIpc) is 2.70. The summed E-state index contributed by atoms with van der Waals surface area (Å²) >= 11 is 0. The molecule has 0 bridgehead atoms. The molecule has 164 valence electrons. The summed E-state index contributed by atoms with van der Waals surface area (Å²) in [6.07, 6.45) is 1.43. The quantitative estimate of drug-likeness (QED) is 0.654. The third-order valence-electron chi connectivity index (χ3n) is 4.85. The van der Waals surface area contributed by atoms with E-state index in [4.69, 9.17) is 9.47 Å². The fraction of sp³-hybridized carbons (Fsp3) is 0.409. The molecule has 0 fully saturated rings. The lowest BCUT2D eigenvalue weighted by molar-refractivity contribution is -0.122. The van der Waals surface area contributed by atoms with Crippen LogP contribution in [-0.2, 0) is 14.8 Å². The Balaban J connectivity index is 2.37. The Bertz CT molecular complexity index is 991. The molecular weight excluding hydrogens is 404 g/mol. The highest BCUT2D eigenvalue weighted by Crippen LogP contribution is 2.30. The average molecular weight is 435 g/mol. The van der Waals surface area contributed by atoms with Gasteiger partial charge >= 0.3 is 0 Å². The van der Waals surface area contributed by atoms with Crippen LogP contribution in [0.5, 0.6) is 11.5 Å². The maximum Gasteiger partial charge on any atom is 0.244 e. The monoisotopic (exact) mass is 434 g/mol. The second-order valence-corrected chi connectivity index (χ2v) is 9.02. The molecule has 0 unspecified atom stereocenters. The first-order valence-electron chi connectivity index (χ1n) is 9.70. The molecule has 0 aliphatic rings. The lowest BCUT2D eigenvalue weighted by atomic mass is 10.1. The van der Waals surface area contributed by atoms with Crippen molar-refractivity contribution in [3.05, 3.63) is 53.6 Å². The Morgan fingerprint density at radius 1 is 1.13 bits per heavy atom. The SMILES string of the molecule is CC[C@H](C(=O)N[C@H](C)c1cc(OC)ccc1OC)N(c1cccc(C)c1)S(C)(=O)=O. The zero-order chi connectivity index (χ0) is 22.5. The number of nitrogens with one attached hydrogen (secondary N) is 1. The molecule has 8 heteroatoms. The molecular formula is C22H30N2O5S. The van der Waals surface area contributed by atoms with Gasteiger partial charge in [0.05, 0.1) is 32.2 Å². The number of hydrogen-bond acceptors (Lipinski definition) is 5. The number of methoxy groups -OCH3 is 2. The van der Waals surface area contributed by atoms with Crippen molar-refractivity contribution >= 4 is 21.6 Å². The van der Waals surface area contributed by atoms with Crippen LogP contribution >= 0.6 is 0 Å². The third kappa shape index (κ3) is 5.44. The van der Waals surface area contributed by atoms with Crippen LogP contribution in [0.25, 0.3) is 0 Å². The number of anilines is 1. The fourth-order valence-electron chi connectivity index (χ4n) is 3.39. The minimum atomic E-state index is -3.69. The summed E-state index contributed by atoms with van der Waals surface area (Å²) < 4.78 is 37.1. The van der Waals surface area contributed by atoms with Gasteiger partial charge in [-0.3, -0.25) is 9.10 Å². The highest BCUT2D eigenvalue weighted by atomic mass is 32.2. The highest BCUT2D eigenvalue weighted by Gasteiger charge is 2.32. The summed E-state index contributed by atoms with van der Waals surface area (Å²) in [6, 6.07) is 11.1. The lowest BCUT2D eigenvalue weighted by Crippen LogP contribution is -2.49. The number of aryl methyl sites for hydroxylation is 1. The predicted octanol–water partition coefficient (Wildman–Crippen LogP) is 3.43. The van der Waals surface area contributed by atoms with Gasteiger partial charge in [0.2, 0.25) is 15.9 Å². The van der Waals surface area contributed by atoms with Crippen LogP contribution in [0.4, 0.5) is 5.69 Å². The van der Waals surface area contributed by atoms with Crippen LogP contribution in [0.3, 0.4) is 0 Å². The van der Waals surface area contributed by atoms with Crippen molar-refractivity contribution in [3.8, 4) is 11.5 Å². The van der Waals surface area contributed by atoms with Gasteiger partial charge in [-0.25, -0.2) is 8.42 Å². The molecule has 0 saturated carbocycles. The van der Waals surface area contributed by atoms with Crippen molar-refractivity contribution in [1.82, 2.24) is 5.32 Å². The number of benzene rings is 2. The van der Waals surface area contributed by atoms with Gasteiger partial charge in [0.15, 0.2) is 0 Å². The van der Waals surface area contributed by atoms with E-state index in [9.17, 15) is 13.2 Å². The topological polar surface area (TPSA) is 84.9 Å². The van der Waals surface area contributed by atoms with Gasteiger partial charge in [0.1, 0.15) is 17.5 Å². The van der Waals surface area contributed by atoms with Crippen molar-refractivity contribution < 1.29 is 22.7 Å². The Morgan fingerprint density at radius 2 is 1.83 bits per heavy atom.